The summed E-state index contributed by atoms with van der Waals surface area (Å²) in [5.41, 5.74) is 10.6. The molecule has 4 heteroatoms. The molecule has 0 saturated heterocycles. The van der Waals surface area contributed by atoms with Crippen molar-refractivity contribution in [3.05, 3.63) is 29.6 Å². The van der Waals surface area contributed by atoms with Crippen molar-refractivity contribution in [1.29, 1.82) is 0 Å². The number of carbonyl (C=O) groups excluding carboxylic acids is 1. The molecule has 0 aliphatic rings. The Morgan fingerprint density at radius 2 is 2.17 bits per heavy atom. The van der Waals surface area contributed by atoms with Crippen molar-refractivity contribution in [2.24, 2.45) is 5.73 Å². The molecule has 0 saturated carbocycles. The quantitative estimate of drug-likeness (QED) is 0.500. The van der Waals surface area contributed by atoms with Gasteiger partial charge in [0.05, 0.1) is 12.1 Å². The standard InChI is InChI=1S/C8H9FN2O/c9-7-3-5(11)1-2-6(7)8(12)4-10/h1-3H,4,10-11H2. The lowest BCUT2D eigenvalue weighted by Gasteiger charge is -2.00. The molecule has 1 aromatic carbocycles. The summed E-state index contributed by atoms with van der Waals surface area (Å²) in [7, 11) is 0. The number of nitrogens with two attached hydrogens (primary N) is 2. The van der Waals surface area contributed by atoms with Crippen LogP contribution in [0.4, 0.5) is 10.1 Å². The van der Waals surface area contributed by atoms with Crippen LogP contribution in [-0.2, 0) is 0 Å². The first-order chi connectivity index (χ1) is 5.65. The predicted molar refractivity (Wildman–Crippen MR) is 44.2 cm³/mol. The van der Waals surface area contributed by atoms with Gasteiger partial charge in [0.15, 0.2) is 5.78 Å². The van der Waals surface area contributed by atoms with E-state index in [9.17, 15) is 9.18 Å². The molecule has 12 heavy (non-hydrogen) atoms. The molecule has 0 spiro atoms. The lowest BCUT2D eigenvalue weighted by atomic mass is 10.1. The molecular weight excluding hydrogens is 159 g/mol. The second-order valence-electron chi connectivity index (χ2n) is 2.37. The van der Waals surface area contributed by atoms with E-state index in [4.69, 9.17) is 11.5 Å². The molecule has 0 aliphatic heterocycles. The Bertz CT molecular complexity index is 312. The van der Waals surface area contributed by atoms with Crippen LogP contribution >= 0.6 is 0 Å². The van der Waals surface area contributed by atoms with Gasteiger partial charge < -0.3 is 11.5 Å². The van der Waals surface area contributed by atoms with E-state index < -0.39 is 11.6 Å². The van der Waals surface area contributed by atoms with Crippen molar-refractivity contribution < 1.29 is 9.18 Å². The van der Waals surface area contributed by atoms with E-state index >= 15 is 0 Å². The molecule has 0 atom stereocenters. The second-order valence-corrected chi connectivity index (χ2v) is 2.37. The lowest BCUT2D eigenvalue weighted by molar-refractivity contribution is 0.0997. The third-order valence-corrected chi connectivity index (χ3v) is 1.48. The molecule has 0 unspecified atom stereocenters. The maximum absolute atomic E-state index is 12.9. The summed E-state index contributed by atoms with van der Waals surface area (Å²) in [5, 5.41) is 0. The second kappa shape index (κ2) is 3.32. The van der Waals surface area contributed by atoms with Crippen molar-refractivity contribution in [2.45, 2.75) is 0 Å². The molecule has 0 heterocycles. The third-order valence-electron chi connectivity index (χ3n) is 1.48. The van der Waals surface area contributed by atoms with E-state index in [1.807, 2.05) is 0 Å². The van der Waals surface area contributed by atoms with Gasteiger partial charge in [-0.3, -0.25) is 4.79 Å². The highest BCUT2D eigenvalue weighted by molar-refractivity contribution is 5.97. The molecule has 64 valence electrons. The molecule has 0 radical (unpaired) electrons. The van der Waals surface area contributed by atoms with Gasteiger partial charge >= 0.3 is 0 Å². The zero-order valence-corrected chi connectivity index (χ0v) is 6.38. The zero-order chi connectivity index (χ0) is 9.14. The van der Waals surface area contributed by atoms with E-state index in [-0.39, 0.29) is 12.1 Å². The average molecular weight is 168 g/mol. The van der Waals surface area contributed by atoms with Crippen LogP contribution in [0.15, 0.2) is 18.2 Å². The zero-order valence-electron chi connectivity index (χ0n) is 6.38. The normalized spacial score (nSPS) is 9.83. The Morgan fingerprint density at radius 3 is 2.67 bits per heavy atom. The van der Waals surface area contributed by atoms with Crippen molar-refractivity contribution in [3.8, 4) is 0 Å². The highest BCUT2D eigenvalue weighted by Crippen LogP contribution is 2.11. The summed E-state index contributed by atoms with van der Waals surface area (Å²) >= 11 is 0. The summed E-state index contributed by atoms with van der Waals surface area (Å²) in [6.45, 7) is -0.194. The topological polar surface area (TPSA) is 69.1 Å². The number of anilines is 1. The molecule has 0 amide bonds. The van der Waals surface area contributed by atoms with Gasteiger partial charge in [-0.2, -0.15) is 0 Å². The Balaban J connectivity index is 3.09. The van der Waals surface area contributed by atoms with Crippen LogP contribution in [-0.4, -0.2) is 12.3 Å². The largest absolute Gasteiger partial charge is 0.399 e. The number of rotatable bonds is 2. The maximum Gasteiger partial charge on any atom is 0.179 e. The number of carbonyl (C=O) groups is 1. The fourth-order valence-corrected chi connectivity index (χ4v) is 0.867. The smallest absolute Gasteiger partial charge is 0.179 e. The molecule has 1 rings (SSSR count). The molecule has 0 aromatic heterocycles. The third kappa shape index (κ3) is 1.60. The first kappa shape index (κ1) is 8.67. The first-order valence-corrected chi connectivity index (χ1v) is 3.43. The van der Waals surface area contributed by atoms with E-state index in [1.54, 1.807) is 0 Å². The molecule has 3 nitrogen and oxygen atoms in total. The van der Waals surface area contributed by atoms with E-state index in [0.717, 1.165) is 6.07 Å². The first-order valence-electron chi connectivity index (χ1n) is 3.43. The number of nitrogen functional groups attached to an aromatic ring is 1. The van der Waals surface area contributed by atoms with Crippen LogP contribution in [0.1, 0.15) is 10.4 Å². The minimum Gasteiger partial charge on any atom is -0.399 e. The van der Waals surface area contributed by atoms with Crippen molar-refractivity contribution in [2.75, 3.05) is 12.3 Å². The minimum atomic E-state index is -0.620. The monoisotopic (exact) mass is 168 g/mol. The number of halogens is 1. The number of ketones is 1. The van der Waals surface area contributed by atoms with Gasteiger partial charge in [0.25, 0.3) is 0 Å². The van der Waals surface area contributed by atoms with E-state index in [0.29, 0.717) is 5.69 Å². The number of hydrogen-bond acceptors (Lipinski definition) is 3. The Labute approximate surface area is 69.2 Å². The maximum atomic E-state index is 12.9. The molecule has 0 bridgehead atoms. The van der Waals surface area contributed by atoms with Crippen LogP contribution in [0.25, 0.3) is 0 Å². The molecule has 1 aromatic rings. The predicted octanol–water partition coefficient (Wildman–Crippen LogP) is 0.549. The summed E-state index contributed by atoms with van der Waals surface area (Å²) in [4.78, 5) is 10.9. The molecule has 4 N–H and O–H groups in total. The molecule has 0 aliphatic carbocycles. The fraction of sp³-hybridized carbons (Fsp3) is 0.125. The number of Topliss-reactive ketones (excluding diaryl/α,β-unsaturated/α-hetero) is 1. The summed E-state index contributed by atoms with van der Waals surface area (Å²) in [6, 6.07) is 3.90. The van der Waals surface area contributed by atoms with Crippen LogP contribution in [0.3, 0.4) is 0 Å². The van der Waals surface area contributed by atoms with Gasteiger partial charge in [0.2, 0.25) is 0 Å². The van der Waals surface area contributed by atoms with Gasteiger partial charge in [-0.25, -0.2) is 4.39 Å². The Kier molecular flexibility index (Phi) is 2.40. The molecule has 0 fully saturated rings. The number of hydrogen-bond donors (Lipinski definition) is 2. The number of benzene rings is 1. The van der Waals surface area contributed by atoms with Gasteiger partial charge in [-0.1, -0.05) is 0 Å². The van der Waals surface area contributed by atoms with Crippen LogP contribution in [0.2, 0.25) is 0 Å². The van der Waals surface area contributed by atoms with Crippen molar-refractivity contribution in [3.63, 3.8) is 0 Å². The van der Waals surface area contributed by atoms with E-state index in [1.165, 1.54) is 12.1 Å². The Morgan fingerprint density at radius 1 is 1.50 bits per heavy atom. The van der Waals surface area contributed by atoms with Crippen molar-refractivity contribution in [1.82, 2.24) is 0 Å². The van der Waals surface area contributed by atoms with Crippen molar-refractivity contribution >= 4 is 11.5 Å². The van der Waals surface area contributed by atoms with Gasteiger partial charge in [-0.15, -0.1) is 0 Å². The SMILES string of the molecule is NCC(=O)c1ccc(N)cc1F. The van der Waals surface area contributed by atoms with E-state index in [2.05, 4.69) is 0 Å². The Hall–Kier alpha value is -1.42. The minimum absolute atomic E-state index is 0.00769. The highest BCUT2D eigenvalue weighted by Gasteiger charge is 2.08. The van der Waals surface area contributed by atoms with Crippen LogP contribution in [0, 0.1) is 5.82 Å². The van der Waals surface area contributed by atoms with Gasteiger partial charge in [0, 0.05) is 5.69 Å². The lowest BCUT2D eigenvalue weighted by Crippen LogP contribution is -2.15. The van der Waals surface area contributed by atoms with Gasteiger partial charge in [0.1, 0.15) is 5.82 Å². The van der Waals surface area contributed by atoms with Crippen LogP contribution in [0.5, 0.6) is 0 Å². The highest BCUT2D eigenvalue weighted by atomic mass is 19.1. The van der Waals surface area contributed by atoms with Crippen LogP contribution < -0.4 is 11.5 Å². The average Bonchev–Trinajstić information content (AvgIpc) is 2.03. The van der Waals surface area contributed by atoms with Gasteiger partial charge in [-0.05, 0) is 18.2 Å². The summed E-state index contributed by atoms with van der Waals surface area (Å²) in [5.74, 6) is -1.04. The molecular formula is C8H9FN2O. The summed E-state index contributed by atoms with van der Waals surface area (Å²) in [6.07, 6.45) is 0. The summed E-state index contributed by atoms with van der Waals surface area (Å²) < 4.78 is 12.9. The fourth-order valence-electron chi connectivity index (χ4n) is 0.867.